The summed E-state index contributed by atoms with van der Waals surface area (Å²) in [5.74, 6) is -0.195. The Morgan fingerprint density at radius 1 is 1.65 bits per heavy atom. The lowest BCUT2D eigenvalue weighted by atomic mass is 10.2. The topological polar surface area (TPSA) is 65.2 Å². The summed E-state index contributed by atoms with van der Waals surface area (Å²) in [6, 6.07) is 1.82. The van der Waals surface area contributed by atoms with Crippen LogP contribution in [0.2, 0.25) is 0 Å². The summed E-state index contributed by atoms with van der Waals surface area (Å²) >= 11 is 1.45. The van der Waals surface area contributed by atoms with Gasteiger partial charge in [0.05, 0.1) is 19.0 Å². The molecule has 1 aromatic heterocycles. The summed E-state index contributed by atoms with van der Waals surface area (Å²) in [5.41, 5.74) is 6.40. The van der Waals surface area contributed by atoms with Gasteiger partial charge in [-0.2, -0.15) is 0 Å². The quantitative estimate of drug-likeness (QED) is 0.624. The number of nitrogen functional groups attached to an aromatic ring is 1. The molecule has 0 bridgehead atoms. The summed E-state index contributed by atoms with van der Waals surface area (Å²) in [4.78, 5) is 16.4. The van der Waals surface area contributed by atoms with E-state index in [4.69, 9.17) is 10.5 Å². The molecule has 4 nitrogen and oxygen atoms in total. The third-order valence-electron chi connectivity index (χ3n) is 2.36. The van der Waals surface area contributed by atoms with Gasteiger partial charge in [0.1, 0.15) is 5.25 Å². The first-order valence-corrected chi connectivity index (χ1v) is 6.51. The van der Waals surface area contributed by atoms with Crippen molar-refractivity contribution >= 4 is 23.4 Å². The normalized spacial score (nSPS) is 12.1. The van der Waals surface area contributed by atoms with E-state index < -0.39 is 0 Å². The summed E-state index contributed by atoms with van der Waals surface area (Å²) in [5, 5.41) is -0.190. The average Bonchev–Trinajstić information content (AvgIpc) is 2.35. The second-order valence-corrected chi connectivity index (χ2v) is 4.93. The number of anilines is 1. The number of methoxy groups -OCH3 is 1. The van der Waals surface area contributed by atoms with Crippen molar-refractivity contribution in [3.63, 3.8) is 0 Å². The van der Waals surface area contributed by atoms with E-state index in [0.29, 0.717) is 5.69 Å². The van der Waals surface area contributed by atoms with Crippen molar-refractivity contribution in [1.29, 1.82) is 0 Å². The minimum Gasteiger partial charge on any atom is -0.468 e. The largest absolute Gasteiger partial charge is 0.468 e. The highest BCUT2D eigenvalue weighted by Crippen LogP contribution is 2.31. The smallest absolute Gasteiger partial charge is 0.319 e. The minimum atomic E-state index is -0.195. The number of thioether (sulfide) groups is 1. The summed E-state index contributed by atoms with van der Waals surface area (Å²) in [7, 11) is 1.41. The number of nitrogens with two attached hydrogens (primary N) is 1. The number of hydrogen-bond acceptors (Lipinski definition) is 5. The Balaban J connectivity index is 2.72. The number of ether oxygens (including phenoxy) is 1. The van der Waals surface area contributed by atoms with Crippen LogP contribution in [0, 0.1) is 0 Å². The molecule has 0 saturated heterocycles. The third kappa shape index (κ3) is 4.26. The molecule has 1 unspecified atom stereocenters. The zero-order valence-electron chi connectivity index (χ0n) is 10.2. The van der Waals surface area contributed by atoms with E-state index in [2.05, 4.69) is 11.9 Å². The van der Waals surface area contributed by atoms with Gasteiger partial charge >= 0.3 is 5.97 Å². The number of pyridine rings is 1. The Bertz CT molecular complexity index is 371. The van der Waals surface area contributed by atoms with Gasteiger partial charge in [0, 0.05) is 11.1 Å². The number of aromatic nitrogens is 1. The van der Waals surface area contributed by atoms with E-state index in [1.807, 2.05) is 6.07 Å². The predicted molar refractivity (Wildman–Crippen MR) is 69.8 cm³/mol. The van der Waals surface area contributed by atoms with Gasteiger partial charge in [0.15, 0.2) is 0 Å². The lowest BCUT2D eigenvalue weighted by molar-refractivity contribution is -0.140. The van der Waals surface area contributed by atoms with Gasteiger partial charge < -0.3 is 10.5 Å². The highest BCUT2D eigenvalue weighted by molar-refractivity contribution is 8.00. The number of rotatable bonds is 6. The van der Waals surface area contributed by atoms with Crippen LogP contribution in [-0.4, -0.2) is 23.3 Å². The number of nitrogens with zero attached hydrogens (tertiary/aromatic N) is 1. The number of carbonyl (C=O) groups excluding carboxylic acids is 1. The fourth-order valence-corrected chi connectivity index (χ4v) is 2.51. The van der Waals surface area contributed by atoms with Crippen LogP contribution < -0.4 is 5.73 Å². The van der Waals surface area contributed by atoms with Gasteiger partial charge in [-0.25, -0.2) is 0 Å². The van der Waals surface area contributed by atoms with Crippen LogP contribution in [0.25, 0.3) is 0 Å². The predicted octanol–water partition coefficient (Wildman–Crippen LogP) is 2.49. The Kier molecular flexibility index (Phi) is 5.83. The number of unbranched alkanes of at least 4 members (excludes halogenated alkanes) is 1. The molecule has 0 spiro atoms. The zero-order chi connectivity index (χ0) is 12.7. The zero-order valence-corrected chi connectivity index (χ0v) is 11.0. The van der Waals surface area contributed by atoms with Crippen LogP contribution in [0.5, 0.6) is 0 Å². The van der Waals surface area contributed by atoms with E-state index in [9.17, 15) is 4.79 Å². The average molecular weight is 254 g/mol. The first kappa shape index (κ1) is 13.8. The summed E-state index contributed by atoms with van der Waals surface area (Å²) in [6.07, 6.45) is 6.12. The molecule has 0 aliphatic carbocycles. The van der Waals surface area contributed by atoms with Crippen molar-refractivity contribution in [2.75, 3.05) is 12.8 Å². The highest BCUT2D eigenvalue weighted by Gasteiger charge is 2.20. The molecule has 0 saturated carbocycles. The standard InChI is InChI=1S/C12H18N2O2S/c1-3-4-5-11(12(15)16-2)17-10-6-7-14-8-9(10)13/h6-8,11H,3-5,13H2,1-2H3. The molecule has 1 aromatic rings. The lowest BCUT2D eigenvalue weighted by Gasteiger charge is -2.14. The van der Waals surface area contributed by atoms with Gasteiger partial charge in [-0.05, 0) is 12.5 Å². The monoisotopic (exact) mass is 254 g/mol. The van der Waals surface area contributed by atoms with Crippen molar-refractivity contribution in [1.82, 2.24) is 4.98 Å². The minimum absolute atomic E-state index is 0.190. The maximum atomic E-state index is 11.6. The molecule has 94 valence electrons. The molecule has 17 heavy (non-hydrogen) atoms. The number of carbonyl (C=O) groups is 1. The van der Waals surface area contributed by atoms with E-state index in [0.717, 1.165) is 24.2 Å². The van der Waals surface area contributed by atoms with Gasteiger partial charge in [-0.15, -0.1) is 11.8 Å². The Morgan fingerprint density at radius 3 is 3.00 bits per heavy atom. The van der Waals surface area contributed by atoms with Crippen molar-refractivity contribution < 1.29 is 9.53 Å². The van der Waals surface area contributed by atoms with Crippen LogP contribution in [0.1, 0.15) is 26.2 Å². The van der Waals surface area contributed by atoms with E-state index in [-0.39, 0.29) is 11.2 Å². The molecule has 0 aliphatic rings. The molecule has 0 aromatic carbocycles. The first-order chi connectivity index (χ1) is 8.19. The van der Waals surface area contributed by atoms with E-state index in [1.54, 1.807) is 12.4 Å². The molecule has 1 rings (SSSR count). The van der Waals surface area contributed by atoms with Crippen molar-refractivity contribution in [2.45, 2.75) is 36.3 Å². The van der Waals surface area contributed by atoms with E-state index in [1.165, 1.54) is 18.9 Å². The fraction of sp³-hybridized carbons (Fsp3) is 0.500. The third-order valence-corrected chi connectivity index (χ3v) is 3.70. The second-order valence-electron chi connectivity index (χ2n) is 3.69. The molecule has 0 amide bonds. The lowest BCUT2D eigenvalue weighted by Crippen LogP contribution is -2.18. The summed E-state index contributed by atoms with van der Waals surface area (Å²) < 4.78 is 4.81. The molecule has 1 heterocycles. The Labute approximate surface area is 106 Å². The van der Waals surface area contributed by atoms with Gasteiger partial charge in [0.2, 0.25) is 0 Å². The van der Waals surface area contributed by atoms with E-state index >= 15 is 0 Å². The van der Waals surface area contributed by atoms with Crippen LogP contribution in [0.3, 0.4) is 0 Å². The first-order valence-electron chi connectivity index (χ1n) is 5.63. The molecule has 0 aliphatic heterocycles. The summed E-state index contributed by atoms with van der Waals surface area (Å²) in [6.45, 7) is 2.10. The van der Waals surface area contributed by atoms with Gasteiger partial charge in [0.25, 0.3) is 0 Å². The molecule has 0 fully saturated rings. The maximum Gasteiger partial charge on any atom is 0.319 e. The van der Waals surface area contributed by atoms with Crippen molar-refractivity contribution in [3.05, 3.63) is 18.5 Å². The molecular formula is C12H18N2O2S. The van der Waals surface area contributed by atoms with Crippen LogP contribution in [0.4, 0.5) is 5.69 Å². The van der Waals surface area contributed by atoms with Gasteiger partial charge in [-0.3, -0.25) is 9.78 Å². The molecule has 0 radical (unpaired) electrons. The SMILES string of the molecule is CCCCC(Sc1ccncc1N)C(=O)OC. The van der Waals surface area contributed by atoms with Crippen molar-refractivity contribution in [2.24, 2.45) is 0 Å². The highest BCUT2D eigenvalue weighted by atomic mass is 32.2. The second kappa shape index (κ2) is 7.17. The number of esters is 1. The molecule has 1 atom stereocenters. The van der Waals surface area contributed by atoms with Crippen LogP contribution >= 0.6 is 11.8 Å². The van der Waals surface area contributed by atoms with Crippen molar-refractivity contribution in [3.8, 4) is 0 Å². The Hall–Kier alpha value is -1.23. The van der Waals surface area contributed by atoms with Crippen LogP contribution in [-0.2, 0) is 9.53 Å². The molecular weight excluding hydrogens is 236 g/mol. The van der Waals surface area contributed by atoms with Crippen LogP contribution in [0.15, 0.2) is 23.4 Å². The Morgan fingerprint density at radius 2 is 2.41 bits per heavy atom. The fourth-order valence-electron chi connectivity index (χ4n) is 1.40. The van der Waals surface area contributed by atoms with Gasteiger partial charge in [-0.1, -0.05) is 19.8 Å². The molecule has 5 heteroatoms. The maximum absolute atomic E-state index is 11.6. The number of hydrogen-bond donors (Lipinski definition) is 1. The molecule has 2 N–H and O–H groups in total.